The number of nitrogens with one attached hydrogen (secondary N) is 2. The van der Waals surface area contributed by atoms with E-state index in [-0.39, 0.29) is 5.91 Å². The van der Waals surface area contributed by atoms with E-state index in [9.17, 15) is 4.79 Å². The predicted molar refractivity (Wildman–Crippen MR) is 75.1 cm³/mol. The van der Waals surface area contributed by atoms with Crippen molar-refractivity contribution in [1.82, 2.24) is 10.3 Å². The van der Waals surface area contributed by atoms with Crippen LogP contribution in [0.3, 0.4) is 0 Å². The van der Waals surface area contributed by atoms with Crippen LogP contribution in [0.4, 0.5) is 5.13 Å². The summed E-state index contributed by atoms with van der Waals surface area (Å²) in [5.41, 5.74) is 0.996. The summed E-state index contributed by atoms with van der Waals surface area (Å²) >= 11 is 1.53. The maximum absolute atomic E-state index is 11.8. The Labute approximate surface area is 112 Å². The second-order valence-electron chi connectivity index (χ2n) is 4.92. The van der Waals surface area contributed by atoms with Crippen molar-refractivity contribution in [3.05, 3.63) is 10.6 Å². The molecule has 1 saturated carbocycles. The summed E-state index contributed by atoms with van der Waals surface area (Å²) in [7, 11) is 0. The highest BCUT2D eigenvalue weighted by atomic mass is 32.1. The van der Waals surface area contributed by atoms with Crippen molar-refractivity contribution in [3.63, 3.8) is 0 Å². The van der Waals surface area contributed by atoms with Gasteiger partial charge < -0.3 is 10.6 Å². The second-order valence-corrected chi connectivity index (χ2v) is 6.13. The maximum Gasteiger partial charge on any atom is 0.240 e. The number of hydrogen-bond donors (Lipinski definition) is 2. The molecule has 2 N–H and O–H groups in total. The molecule has 1 aromatic heterocycles. The van der Waals surface area contributed by atoms with E-state index in [1.165, 1.54) is 43.4 Å². The lowest BCUT2D eigenvalue weighted by Crippen LogP contribution is -2.37. The highest BCUT2D eigenvalue weighted by Crippen LogP contribution is 2.21. The van der Waals surface area contributed by atoms with E-state index in [0.29, 0.717) is 17.7 Å². The molecule has 0 aliphatic heterocycles. The molecule has 1 aromatic rings. The number of hydrogen-bond acceptors (Lipinski definition) is 4. The highest BCUT2D eigenvalue weighted by molar-refractivity contribution is 7.15. The summed E-state index contributed by atoms with van der Waals surface area (Å²) in [6.45, 7) is 4.37. The summed E-state index contributed by atoms with van der Waals surface area (Å²) in [6, 6.07) is 0.518. The third-order valence-electron chi connectivity index (χ3n) is 3.43. The molecule has 1 amide bonds. The van der Waals surface area contributed by atoms with Crippen LogP contribution in [0.5, 0.6) is 0 Å². The van der Waals surface area contributed by atoms with Crippen LogP contribution in [0.1, 0.15) is 42.7 Å². The van der Waals surface area contributed by atoms with Crippen LogP contribution >= 0.6 is 11.3 Å². The van der Waals surface area contributed by atoms with Crippen LogP contribution in [-0.2, 0) is 4.79 Å². The number of aromatic nitrogens is 1. The number of thiazole rings is 1. The van der Waals surface area contributed by atoms with Crippen molar-refractivity contribution in [1.29, 1.82) is 0 Å². The van der Waals surface area contributed by atoms with Crippen molar-refractivity contribution in [2.45, 2.75) is 52.0 Å². The summed E-state index contributed by atoms with van der Waals surface area (Å²) in [5, 5.41) is 6.89. The maximum atomic E-state index is 11.8. The Hall–Kier alpha value is -0.940. The molecule has 18 heavy (non-hydrogen) atoms. The lowest BCUT2D eigenvalue weighted by atomic mass is 9.95. The molecule has 100 valence electrons. The van der Waals surface area contributed by atoms with E-state index < -0.39 is 0 Å². The van der Waals surface area contributed by atoms with Crippen LogP contribution < -0.4 is 10.6 Å². The van der Waals surface area contributed by atoms with Gasteiger partial charge in [-0.3, -0.25) is 4.79 Å². The van der Waals surface area contributed by atoms with Crippen LogP contribution in [0, 0.1) is 13.8 Å². The molecule has 2 rings (SSSR count). The summed E-state index contributed by atoms with van der Waals surface area (Å²) in [4.78, 5) is 17.2. The standard InChI is InChI=1S/C13H21N3OS/c1-9-10(2)18-13(15-9)16-12(17)8-14-11-6-4-3-5-7-11/h11,14H,3-8H2,1-2H3,(H,15,16,17). The Bertz CT molecular complexity index is 391. The number of rotatable bonds is 4. The van der Waals surface area contributed by atoms with E-state index in [1.807, 2.05) is 13.8 Å². The average Bonchev–Trinajstić information content (AvgIpc) is 2.67. The average molecular weight is 267 g/mol. The predicted octanol–water partition coefficient (Wildman–Crippen LogP) is 2.62. The molecule has 4 nitrogen and oxygen atoms in total. The zero-order valence-corrected chi connectivity index (χ0v) is 11.9. The van der Waals surface area contributed by atoms with Crippen LogP contribution in [0.2, 0.25) is 0 Å². The minimum absolute atomic E-state index is 0.00863. The SMILES string of the molecule is Cc1nc(NC(=O)CNC2CCCCC2)sc1C. The molecule has 0 saturated heterocycles. The van der Waals surface area contributed by atoms with Crippen molar-refractivity contribution >= 4 is 22.4 Å². The fourth-order valence-corrected chi connectivity index (χ4v) is 3.06. The summed E-state index contributed by atoms with van der Waals surface area (Å²) in [5.74, 6) is 0.00863. The van der Waals surface area contributed by atoms with E-state index >= 15 is 0 Å². The number of amides is 1. The van der Waals surface area contributed by atoms with Gasteiger partial charge in [-0.25, -0.2) is 4.98 Å². The van der Waals surface area contributed by atoms with E-state index in [4.69, 9.17) is 0 Å². The van der Waals surface area contributed by atoms with Gasteiger partial charge in [0, 0.05) is 10.9 Å². The Kier molecular flexibility index (Phi) is 4.72. The van der Waals surface area contributed by atoms with Crippen LogP contribution in [-0.4, -0.2) is 23.5 Å². The zero-order valence-electron chi connectivity index (χ0n) is 11.1. The molecule has 1 aliphatic carbocycles. The molecular formula is C13H21N3OS. The van der Waals surface area contributed by atoms with Crippen molar-refractivity contribution in [2.75, 3.05) is 11.9 Å². The van der Waals surface area contributed by atoms with Gasteiger partial charge in [-0.15, -0.1) is 11.3 Å². The van der Waals surface area contributed by atoms with Gasteiger partial charge in [-0.2, -0.15) is 0 Å². The topological polar surface area (TPSA) is 54.0 Å². The first-order valence-corrected chi connectivity index (χ1v) is 7.44. The Morgan fingerprint density at radius 2 is 2.06 bits per heavy atom. The second kappa shape index (κ2) is 6.29. The number of carbonyl (C=O) groups excluding carboxylic acids is 1. The quantitative estimate of drug-likeness (QED) is 0.881. The fraction of sp³-hybridized carbons (Fsp3) is 0.692. The zero-order chi connectivity index (χ0) is 13.0. The van der Waals surface area contributed by atoms with Gasteiger partial charge in [0.05, 0.1) is 12.2 Å². The monoisotopic (exact) mass is 267 g/mol. The molecular weight excluding hydrogens is 246 g/mol. The fourth-order valence-electron chi connectivity index (χ4n) is 2.23. The van der Waals surface area contributed by atoms with Crippen LogP contribution in [0.15, 0.2) is 0 Å². The molecule has 0 aromatic carbocycles. The van der Waals surface area contributed by atoms with Gasteiger partial charge in [-0.05, 0) is 26.7 Å². The van der Waals surface area contributed by atoms with Gasteiger partial charge in [-0.1, -0.05) is 19.3 Å². The van der Waals surface area contributed by atoms with Crippen LogP contribution in [0.25, 0.3) is 0 Å². The molecule has 0 bridgehead atoms. The van der Waals surface area contributed by atoms with Crippen molar-refractivity contribution in [2.24, 2.45) is 0 Å². The minimum atomic E-state index is 0.00863. The number of nitrogens with zero attached hydrogens (tertiary/aromatic N) is 1. The van der Waals surface area contributed by atoms with Gasteiger partial charge in [0.15, 0.2) is 5.13 Å². The smallest absolute Gasteiger partial charge is 0.240 e. The summed E-state index contributed by atoms with van der Waals surface area (Å²) in [6.07, 6.45) is 6.29. The van der Waals surface area contributed by atoms with E-state index in [0.717, 1.165) is 10.6 Å². The number of anilines is 1. The molecule has 0 unspecified atom stereocenters. The first-order valence-electron chi connectivity index (χ1n) is 6.62. The Morgan fingerprint density at radius 1 is 1.33 bits per heavy atom. The molecule has 1 aliphatic rings. The van der Waals surface area contributed by atoms with Crippen molar-refractivity contribution < 1.29 is 4.79 Å². The minimum Gasteiger partial charge on any atom is -0.306 e. The molecule has 1 fully saturated rings. The lowest BCUT2D eigenvalue weighted by Gasteiger charge is -2.22. The van der Waals surface area contributed by atoms with Crippen molar-refractivity contribution in [3.8, 4) is 0 Å². The largest absolute Gasteiger partial charge is 0.306 e. The first kappa shape index (κ1) is 13.5. The van der Waals surface area contributed by atoms with E-state index in [1.54, 1.807) is 0 Å². The normalized spacial score (nSPS) is 16.8. The molecule has 0 radical (unpaired) electrons. The number of carbonyl (C=O) groups is 1. The molecule has 5 heteroatoms. The third-order valence-corrected chi connectivity index (χ3v) is 4.42. The summed E-state index contributed by atoms with van der Waals surface area (Å²) < 4.78 is 0. The first-order chi connectivity index (χ1) is 8.65. The van der Waals surface area contributed by atoms with Gasteiger partial charge in [0.1, 0.15) is 0 Å². The highest BCUT2D eigenvalue weighted by Gasteiger charge is 2.14. The third kappa shape index (κ3) is 3.78. The van der Waals surface area contributed by atoms with Gasteiger partial charge in [0.2, 0.25) is 5.91 Å². The van der Waals surface area contributed by atoms with Gasteiger partial charge >= 0.3 is 0 Å². The molecule has 1 heterocycles. The lowest BCUT2D eigenvalue weighted by molar-refractivity contribution is -0.115. The molecule has 0 atom stereocenters. The van der Waals surface area contributed by atoms with Gasteiger partial charge in [0.25, 0.3) is 0 Å². The molecule has 0 spiro atoms. The number of aryl methyl sites for hydroxylation is 2. The Balaban J connectivity index is 1.74. The Morgan fingerprint density at radius 3 is 2.67 bits per heavy atom. The van der Waals surface area contributed by atoms with E-state index in [2.05, 4.69) is 15.6 Å².